The summed E-state index contributed by atoms with van der Waals surface area (Å²) in [7, 11) is 2.08. The van der Waals surface area contributed by atoms with Crippen LogP contribution in [0.3, 0.4) is 0 Å². The van der Waals surface area contributed by atoms with Crippen molar-refractivity contribution >= 4 is 0 Å². The first kappa shape index (κ1) is 14.5. The number of nitrogens with zero attached hydrogens (tertiary/aromatic N) is 1. The second-order valence-electron chi connectivity index (χ2n) is 6.02. The van der Waals surface area contributed by atoms with Crippen molar-refractivity contribution in [2.75, 3.05) is 26.7 Å². The highest BCUT2D eigenvalue weighted by atomic mass is 15.2. The maximum absolute atomic E-state index is 3.50. The van der Waals surface area contributed by atoms with Crippen molar-refractivity contribution in [3.63, 3.8) is 0 Å². The molecule has 0 saturated carbocycles. The maximum atomic E-state index is 3.50. The molecule has 1 aliphatic rings. The van der Waals surface area contributed by atoms with Crippen LogP contribution in [0, 0.1) is 19.8 Å². The van der Waals surface area contributed by atoms with Crippen molar-refractivity contribution in [1.82, 2.24) is 10.2 Å². The zero-order chi connectivity index (χ0) is 13.8. The fraction of sp³-hybridized carbons (Fsp3) is 0.647. The van der Waals surface area contributed by atoms with Crippen molar-refractivity contribution in [3.05, 3.63) is 34.9 Å². The van der Waals surface area contributed by atoms with Crippen LogP contribution < -0.4 is 5.32 Å². The molecule has 1 aromatic rings. The lowest BCUT2D eigenvalue weighted by Gasteiger charge is -2.25. The third-order valence-corrected chi connectivity index (χ3v) is 4.55. The fourth-order valence-electron chi connectivity index (χ4n) is 3.15. The van der Waals surface area contributed by atoms with Gasteiger partial charge in [-0.25, -0.2) is 0 Å². The van der Waals surface area contributed by atoms with Gasteiger partial charge in [-0.15, -0.1) is 0 Å². The standard InChI is InChI=1S/C17H28N2/c1-5-15-8-9-19(11-15)12-17(18-4)16-10-13(2)6-7-14(16)3/h6-7,10,15,17-18H,5,8-9,11-12H2,1-4H3. The Morgan fingerprint density at radius 3 is 2.79 bits per heavy atom. The highest BCUT2D eigenvalue weighted by molar-refractivity contribution is 5.33. The first-order valence-corrected chi connectivity index (χ1v) is 7.60. The summed E-state index contributed by atoms with van der Waals surface area (Å²) in [5.41, 5.74) is 4.22. The van der Waals surface area contributed by atoms with Gasteiger partial charge in [-0.3, -0.25) is 0 Å². The Bertz CT molecular complexity index is 414. The highest BCUT2D eigenvalue weighted by Gasteiger charge is 2.24. The van der Waals surface area contributed by atoms with Gasteiger partial charge in [0, 0.05) is 19.1 Å². The van der Waals surface area contributed by atoms with E-state index in [-0.39, 0.29) is 0 Å². The second kappa shape index (κ2) is 6.53. The molecule has 0 aromatic heterocycles. The van der Waals surface area contributed by atoms with Crippen LogP contribution in [0.1, 0.15) is 42.5 Å². The number of aryl methyl sites for hydroxylation is 2. The fourth-order valence-corrected chi connectivity index (χ4v) is 3.15. The van der Waals surface area contributed by atoms with Gasteiger partial charge in [0.15, 0.2) is 0 Å². The van der Waals surface area contributed by atoms with Gasteiger partial charge < -0.3 is 10.2 Å². The number of likely N-dealkylation sites (N-methyl/N-ethyl adjacent to an activating group) is 1. The van der Waals surface area contributed by atoms with Crippen molar-refractivity contribution < 1.29 is 0 Å². The van der Waals surface area contributed by atoms with Crippen LogP contribution in [-0.4, -0.2) is 31.6 Å². The average Bonchev–Trinajstić information content (AvgIpc) is 2.87. The zero-order valence-corrected chi connectivity index (χ0v) is 12.9. The third kappa shape index (κ3) is 3.58. The first-order valence-electron chi connectivity index (χ1n) is 7.60. The summed E-state index contributed by atoms with van der Waals surface area (Å²) in [6, 6.07) is 7.24. The predicted molar refractivity (Wildman–Crippen MR) is 82.6 cm³/mol. The van der Waals surface area contributed by atoms with Crippen LogP contribution in [0.5, 0.6) is 0 Å². The van der Waals surface area contributed by atoms with E-state index in [1.54, 1.807) is 0 Å². The molecule has 2 rings (SSSR count). The summed E-state index contributed by atoms with van der Waals surface area (Å²) in [5.74, 6) is 0.913. The molecular formula is C17H28N2. The van der Waals surface area contributed by atoms with E-state index >= 15 is 0 Å². The summed E-state index contributed by atoms with van der Waals surface area (Å²) in [6.45, 7) is 10.4. The molecule has 1 N–H and O–H groups in total. The average molecular weight is 260 g/mol. The molecule has 0 amide bonds. The number of likely N-dealkylation sites (tertiary alicyclic amines) is 1. The molecule has 1 aromatic carbocycles. The van der Waals surface area contributed by atoms with Gasteiger partial charge in [0.25, 0.3) is 0 Å². The Balaban J connectivity index is 2.06. The van der Waals surface area contributed by atoms with Gasteiger partial charge in [-0.1, -0.05) is 37.1 Å². The van der Waals surface area contributed by atoms with E-state index in [4.69, 9.17) is 0 Å². The highest BCUT2D eigenvalue weighted by Crippen LogP contribution is 2.24. The van der Waals surface area contributed by atoms with Crippen LogP contribution >= 0.6 is 0 Å². The molecule has 2 nitrogen and oxygen atoms in total. The van der Waals surface area contributed by atoms with Gasteiger partial charge in [-0.05, 0) is 50.9 Å². The minimum absolute atomic E-state index is 0.454. The van der Waals surface area contributed by atoms with Crippen LogP contribution in [0.4, 0.5) is 0 Å². The SMILES string of the molecule is CCC1CCN(CC(NC)c2cc(C)ccc2C)C1. The topological polar surface area (TPSA) is 15.3 Å². The molecule has 0 radical (unpaired) electrons. The summed E-state index contributed by atoms with van der Waals surface area (Å²) < 4.78 is 0. The van der Waals surface area contributed by atoms with Crippen LogP contribution in [0.25, 0.3) is 0 Å². The molecule has 1 saturated heterocycles. The Kier molecular flexibility index (Phi) is 5.00. The number of hydrogen-bond donors (Lipinski definition) is 1. The molecule has 1 fully saturated rings. The van der Waals surface area contributed by atoms with Gasteiger partial charge in [0.05, 0.1) is 0 Å². The molecule has 0 bridgehead atoms. The summed E-state index contributed by atoms with van der Waals surface area (Å²) in [6.07, 6.45) is 2.70. The second-order valence-corrected chi connectivity index (χ2v) is 6.02. The molecule has 2 atom stereocenters. The lowest BCUT2D eigenvalue weighted by molar-refractivity contribution is 0.287. The van der Waals surface area contributed by atoms with Crippen LogP contribution in [0.15, 0.2) is 18.2 Å². The molecule has 1 heterocycles. The number of hydrogen-bond acceptors (Lipinski definition) is 2. The van der Waals surface area contributed by atoms with Crippen LogP contribution in [0.2, 0.25) is 0 Å². The lowest BCUT2D eigenvalue weighted by Crippen LogP contribution is -2.33. The molecule has 0 aliphatic carbocycles. The Morgan fingerprint density at radius 1 is 1.37 bits per heavy atom. The van der Waals surface area contributed by atoms with E-state index in [0.29, 0.717) is 6.04 Å². The quantitative estimate of drug-likeness (QED) is 0.874. The van der Waals surface area contributed by atoms with E-state index in [1.165, 1.54) is 42.6 Å². The van der Waals surface area contributed by atoms with Crippen molar-refractivity contribution in [1.29, 1.82) is 0 Å². The smallest absolute Gasteiger partial charge is 0.0449 e. The third-order valence-electron chi connectivity index (χ3n) is 4.55. The maximum Gasteiger partial charge on any atom is 0.0449 e. The normalized spacial score (nSPS) is 21.8. The van der Waals surface area contributed by atoms with Crippen molar-refractivity contribution in [2.24, 2.45) is 5.92 Å². The van der Waals surface area contributed by atoms with Gasteiger partial charge in [0.2, 0.25) is 0 Å². The monoisotopic (exact) mass is 260 g/mol. The zero-order valence-electron chi connectivity index (χ0n) is 12.9. The van der Waals surface area contributed by atoms with Crippen molar-refractivity contribution in [2.45, 2.75) is 39.7 Å². The Labute approximate surface area is 118 Å². The van der Waals surface area contributed by atoms with Crippen molar-refractivity contribution in [3.8, 4) is 0 Å². The van der Waals surface area contributed by atoms with E-state index in [0.717, 1.165) is 12.5 Å². The Morgan fingerprint density at radius 2 is 2.16 bits per heavy atom. The van der Waals surface area contributed by atoms with E-state index in [1.807, 2.05) is 0 Å². The minimum atomic E-state index is 0.454. The first-order chi connectivity index (χ1) is 9.13. The van der Waals surface area contributed by atoms with E-state index in [9.17, 15) is 0 Å². The van der Waals surface area contributed by atoms with E-state index < -0.39 is 0 Å². The van der Waals surface area contributed by atoms with Crippen LogP contribution in [-0.2, 0) is 0 Å². The van der Waals surface area contributed by atoms with E-state index in [2.05, 4.69) is 56.2 Å². The molecule has 1 aliphatic heterocycles. The van der Waals surface area contributed by atoms with Gasteiger partial charge in [0.1, 0.15) is 0 Å². The van der Waals surface area contributed by atoms with Gasteiger partial charge in [-0.2, -0.15) is 0 Å². The number of nitrogens with one attached hydrogen (secondary N) is 1. The number of rotatable bonds is 5. The molecule has 19 heavy (non-hydrogen) atoms. The minimum Gasteiger partial charge on any atom is -0.312 e. The molecule has 2 heteroatoms. The molecule has 0 spiro atoms. The molecule has 106 valence electrons. The molecule has 2 unspecified atom stereocenters. The summed E-state index contributed by atoms with van der Waals surface area (Å²) in [5, 5.41) is 3.50. The van der Waals surface area contributed by atoms with Gasteiger partial charge >= 0.3 is 0 Å². The molecular weight excluding hydrogens is 232 g/mol. The largest absolute Gasteiger partial charge is 0.312 e. The summed E-state index contributed by atoms with van der Waals surface area (Å²) in [4.78, 5) is 2.62. The lowest BCUT2D eigenvalue weighted by atomic mass is 9.98. The number of benzene rings is 1. The summed E-state index contributed by atoms with van der Waals surface area (Å²) >= 11 is 0. The predicted octanol–water partition coefficient (Wildman–Crippen LogP) is 3.30. The Hall–Kier alpha value is -0.860.